The van der Waals surface area contributed by atoms with Gasteiger partial charge >= 0.3 is 6.03 Å². The van der Waals surface area contributed by atoms with E-state index in [1.807, 2.05) is 24.3 Å². The Balaban J connectivity index is 1.52. The van der Waals surface area contributed by atoms with Crippen LogP contribution >= 0.6 is 0 Å². The molecule has 8 heteroatoms. The van der Waals surface area contributed by atoms with E-state index in [1.54, 1.807) is 24.1 Å². The van der Waals surface area contributed by atoms with Crippen molar-refractivity contribution in [3.05, 3.63) is 60.2 Å². The van der Waals surface area contributed by atoms with Crippen LogP contribution in [0.2, 0.25) is 0 Å². The third kappa shape index (κ3) is 3.66. The maximum Gasteiger partial charge on any atom is 0.322 e. The number of nitrogens with zero attached hydrogens (tertiary/aromatic N) is 3. The van der Waals surface area contributed by atoms with Crippen molar-refractivity contribution in [1.29, 1.82) is 0 Å². The molecule has 0 bridgehead atoms. The van der Waals surface area contributed by atoms with Crippen molar-refractivity contribution in [1.82, 2.24) is 15.0 Å². The van der Waals surface area contributed by atoms with Crippen LogP contribution in [-0.4, -0.2) is 34.7 Å². The number of ether oxygens (including phenoxy) is 1. The Morgan fingerprint density at radius 2 is 2.14 bits per heavy atom. The molecule has 1 aromatic heterocycles. The first-order valence-electron chi connectivity index (χ1n) is 8.95. The molecule has 2 amide bonds. The van der Waals surface area contributed by atoms with Gasteiger partial charge in [0.05, 0.1) is 7.11 Å². The zero-order valence-electron chi connectivity index (χ0n) is 15.3. The summed E-state index contributed by atoms with van der Waals surface area (Å²) in [7, 11) is 1.59. The van der Waals surface area contributed by atoms with Gasteiger partial charge in [-0.3, -0.25) is 0 Å². The highest BCUT2D eigenvalue weighted by Gasteiger charge is 2.34. The average Bonchev–Trinajstić information content (AvgIpc) is 3.37. The van der Waals surface area contributed by atoms with Crippen molar-refractivity contribution in [2.75, 3.05) is 19.0 Å². The summed E-state index contributed by atoms with van der Waals surface area (Å²) in [6.07, 6.45) is 1.54. The first kappa shape index (κ1) is 18.0. The number of carbonyl (C=O) groups is 1. The highest BCUT2D eigenvalue weighted by atomic mass is 19.1. The lowest BCUT2D eigenvalue weighted by Gasteiger charge is -2.22. The second-order valence-electron chi connectivity index (χ2n) is 6.48. The molecule has 1 saturated heterocycles. The average molecular weight is 382 g/mol. The van der Waals surface area contributed by atoms with E-state index < -0.39 is 5.82 Å². The number of aromatic nitrogens is 2. The number of anilines is 1. The van der Waals surface area contributed by atoms with E-state index >= 15 is 0 Å². The molecule has 1 aliphatic rings. The molecule has 0 saturated carbocycles. The van der Waals surface area contributed by atoms with Crippen LogP contribution in [0.3, 0.4) is 0 Å². The maximum absolute atomic E-state index is 13.3. The Bertz CT molecular complexity index is 991. The lowest BCUT2D eigenvalue weighted by molar-refractivity contribution is 0.193. The van der Waals surface area contributed by atoms with Gasteiger partial charge in [-0.25, -0.2) is 9.18 Å². The van der Waals surface area contributed by atoms with Crippen molar-refractivity contribution in [3.63, 3.8) is 0 Å². The molecule has 144 valence electrons. The molecule has 2 heterocycles. The first-order chi connectivity index (χ1) is 13.6. The molecule has 3 aromatic rings. The molecule has 0 radical (unpaired) electrons. The number of benzene rings is 2. The molecule has 0 spiro atoms. The van der Waals surface area contributed by atoms with Crippen LogP contribution in [0.25, 0.3) is 11.4 Å². The normalized spacial score (nSPS) is 16.2. The molecular weight excluding hydrogens is 363 g/mol. The number of halogens is 1. The number of hydrogen-bond acceptors (Lipinski definition) is 5. The van der Waals surface area contributed by atoms with Crippen molar-refractivity contribution in [3.8, 4) is 17.1 Å². The Labute approximate surface area is 161 Å². The Hall–Kier alpha value is -3.42. The lowest BCUT2D eigenvalue weighted by atomic mass is 10.2. The van der Waals surface area contributed by atoms with Crippen molar-refractivity contribution < 1.29 is 18.4 Å². The number of carbonyl (C=O) groups excluding carboxylic acids is 1. The monoisotopic (exact) mass is 382 g/mol. The van der Waals surface area contributed by atoms with E-state index in [2.05, 4.69) is 15.5 Å². The van der Waals surface area contributed by atoms with Gasteiger partial charge in [0.1, 0.15) is 17.6 Å². The van der Waals surface area contributed by atoms with E-state index in [0.717, 1.165) is 18.4 Å². The predicted octanol–water partition coefficient (Wildman–Crippen LogP) is 4.25. The number of rotatable bonds is 4. The van der Waals surface area contributed by atoms with Gasteiger partial charge in [-0.2, -0.15) is 4.98 Å². The number of likely N-dealkylation sites (tertiary alicyclic amines) is 1. The Morgan fingerprint density at radius 3 is 2.96 bits per heavy atom. The van der Waals surface area contributed by atoms with Crippen LogP contribution in [-0.2, 0) is 0 Å². The quantitative estimate of drug-likeness (QED) is 0.729. The number of methoxy groups -OCH3 is 1. The molecule has 28 heavy (non-hydrogen) atoms. The minimum atomic E-state index is -0.407. The Kier molecular flexibility index (Phi) is 4.92. The van der Waals surface area contributed by atoms with Crippen molar-refractivity contribution >= 4 is 11.7 Å². The fraction of sp³-hybridized carbons (Fsp3) is 0.250. The van der Waals surface area contributed by atoms with Crippen LogP contribution in [0.15, 0.2) is 53.1 Å². The topological polar surface area (TPSA) is 80.5 Å². The summed E-state index contributed by atoms with van der Waals surface area (Å²) in [5.41, 5.74) is 1.17. The van der Waals surface area contributed by atoms with Gasteiger partial charge in [0.15, 0.2) is 0 Å². The molecule has 1 atom stereocenters. The van der Waals surface area contributed by atoms with Gasteiger partial charge in [-0.05, 0) is 43.2 Å². The Morgan fingerprint density at radius 1 is 1.29 bits per heavy atom. The third-order valence-electron chi connectivity index (χ3n) is 4.64. The number of nitrogens with one attached hydrogen (secondary N) is 1. The molecule has 1 N–H and O–H groups in total. The van der Waals surface area contributed by atoms with Gasteiger partial charge < -0.3 is 19.5 Å². The molecule has 0 aliphatic carbocycles. The summed E-state index contributed by atoms with van der Waals surface area (Å²) in [5, 5.41) is 6.76. The summed E-state index contributed by atoms with van der Waals surface area (Å²) < 4.78 is 24.0. The van der Waals surface area contributed by atoms with Crippen LogP contribution < -0.4 is 10.1 Å². The molecule has 0 unspecified atom stereocenters. The second-order valence-corrected chi connectivity index (χ2v) is 6.48. The first-order valence-corrected chi connectivity index (χ1v) is 8.95. The van der Waals surface area contributed by atoms with E-state index in [1.165, 1.54) is 12.1 Å². The van der Waals surface area contributed by atoms with Gasteiger partial charge in [-0.15, -0.1) is 0 Å². The number of hydrogen-bond donors (Lipinski definition) is 1. The van der Waals surface area contributed by atoms with E-state index in [9.17, 15) is 9.18 Å². The maximum atomic E-state index is 13.3. The molecule has 1 aliphatic heterocycles. The minimum Gasteiger partial charge on any atom is -0.497 e. The van der Waals surface area contributed by atoms with E-state index in [-0.39, 0.29) is 12.1 Å². The standard InChI is InChI=1S/C20H19FN4O3/c1-27-16-8-2-5-13(11-16)18-23-19(28-24-18)17-9-4-10-25(17)20(26)22-15-7-3-6-14(21)12-15/h2-3,5-8,11-12,17H,4,9-10H2,1H3,(H,22,26)/t17-/m0/s1. The highest BCUT2D eigenvalue weighted by molar-refractivity contribution is 5.89. The van der Waals surface area contributed by atoms with Gasteiger partial charge in [0.2, 0.25) is 11.7 Å². The van der Waals surface area contributed by atoms with Gasteiger partial charge in [-0.1, -0.05) is 23.4 Å². The largest absolute Gasteiger partial charge is 0.497 e. The zero-order chi connectivity index (χ0) is 19.5. The lowest BCUT2D eigenvalue weighted by Crippen LogP contribution is -2.34. The molecule has 7 nitrogen and oxygen atoms in total. The van der Waals surface area contributed by atoms with E-state index in [4.69, 9.17) is 9.26 Å². The highest BCUT2D eigenvalue weighted by Crippen LogP contribution is 2.33. The third-order valence-corrected chi connectivity index (χ3v) is 4.64. The van der Waals surface area contributed by atoms with Crippen LogP contribution in [0.5, 0.6) is 5.75 Å². The number of amides is 2. The van der Waals surface area contributed by atoms with E-state index in [0.29, 0.717) is 29.7 Å². The molecule has 2 aromatic carbocycles. The summed E-state index contributed by atoms with van der Waals surface area (Å²) >= 11 is 0. The molecular formula is C20H19FN4O3. The molecule has 1 fully saturated rings. The predicted molar refractivity (Wildman–Crippen MR) is 100 cm³/mol. The summed E-state index contributed by atoms with van der Waals surface area (Å²) in [4.78, 5) is 18.8. The van der Waals surface area contributed by atoms with Crippen molar-refractivity contribution in [2.24, 2.45) is 0 Å². The number of urea groups is 1. The summed E-state index contributed by atoms with van der Waals surface area (Å²) in [5.74, 6) is 1.10. The van der Waals surface area contributed by atoms with Gasteiger partial charge in [0, 0.05) is 17.8 Å². The summed E-state index contributed by atoms with van der Waals surface area (Å²) in [6.45, 7) is 0.558. The fourth-order valence-corrected chi connectivity index (χ4v) is 3.28. The van der Waals surface area contributed by atoms with Crippen LogP contribution in [0.4, 0.5) is 14.9 Å². The smallest absolute Gasteiger partial charge is 0.322 e. The van der Waals surface area contributed by atoms with Gasteiger partial charge in [0.25, 0.3) is 0 Å². The zero-order valence-corrected chi connectivity index (χ0v) is 15.3. The summed E-state index contributed by atoms with van der Waals surface area (Å²) in [6, 6.07) is 12.5. The molecule has 4 rings (SSSR count). The van der Waals surface area contributed by atoms with Crippen molar-refractivity contribution in [2.45, 2.75) is 18.9 Å². The second kappa shape index (κ2) is 7.67. The van der Waals surface area contributed by atoms with Crippen LogP contribution in [0.1, 0.15) is 24.8 Å². The minimum absolute atomic E-state index is 0.319. The van der Waals surface area contributed by atoms with Crippen LogP contribution in [0, 0.1) is 5.82 Å². The SMILES string of the molecule is COc1cccc(-c2noc([C@@H]3CCCN3C(=O)Nc3cccc(F)c3)n2)c1. The fourth-order valence-electron chi connectivity index (χ4n) is 3.28.